The zero-order chi connectivity index (χ0) is 17.8. The Balaban J connectivity index is 1.67. The Hall–Kier alpha value is -2.67. The second-order valence-electron chi connectivity index (χ2n) is 5.95. The van der Waals surface area contributed by atoms with Crippen LogP contribution in [0.3, 0.4) is 0 Å². The molecule has 0 bridgehead atoms. The highest BCUT2D eigenvalue weighted by Crippen LogP contribution is 2.12. The monoisotopic (exact) mass is 342 g/mol. The van der Waals surface area contributed by atoms with E-state index in [4.69, 9.17) is 4.74 Å². The van der Waals surface area contributed by atoms with Crippen molar-refractivity contribution in [2.45, 2.75) is 26.6 Å². The van der Waals surface area contributed by atoms with Gasteiger partial charge in [0.05, 0.1) is 25.0 Å². The number of rotatable bonds is 5. The first-order chi connectivity index (χ1) is 12.1. The van der Waals surface area contributed by atoms with Gasteiger partial charge in [-0.3, -0.25) is 9.59 Å². The predicted octanol–water partition coefficient (Wildman–Crippen LogP) is 1.44. The van der Waals surface area contributed by atoms with E-state index in [1.54, 1.807) is 42.4 Å². The molecule has 0 saturated heterocycles. The molecule has 0 unspecified atom stereocenters. The van der Waals surface area contributed by atoms with Crippen molar-refractivity contribution in [2.75, 3.05) is 20.2 Å². The summed E-state index contributed by atoms with van der Waals surface area (Å²) < 4.78 is 7.43. The van der Waals surface area contributed by atoms with Gasteiger partial charge in [0.1, 0.15) is 12.4 Å². The maximum atomic E-state index is 12.4. The molecule has 0 spiro atoms. The van der Waals surface area contributed by atoms with Crippen LogP contribution in [0.2, 0.25) is 0 Å². The van der Waals surface area contributed by atoms with Crippen LogP contribution in [0, 0.1) is 0 Å². The van der Waals surface area contributed by atoms with Crippen LogP contribution in [0.25, 0.3) is 0 Å². The number of carbonyl (C=O) groups is 2. The molecule has 3 rings (SSSR count). The fourth-order valence-electron chi connectivity index (χ4n) is 2.73. The SMILES string of the molecule is CCN(C)C(=O)c1cccc(C(=O)NCc2cnc3n2CCOC3)c1. The van der Waals surface area contributed by atoms with E-state index >= 15 is 0 Å². The van der Waals surface area contributed by atoms with Crippen molar-refractivity contribution in [1.82, 2.24) is 19.8 Å². The molecule has 1 aliphatic heterocycles. The molecule has 0 atom stereocenters. The van der Waals surface area contributed by atoms with Crippen molar-refractivity contribution in [2.24, 2.45) is 0 Å². The summed E-state index contributed by atoms with van der Waals surface area (Å²) in [6, 6.07) is 6.78. The lowest BCUT2D eigenvalue weighted by Gasteiger charge is -2.17. The topological polar surface area (TPSA) is 76.5 Å². The molecule has 0 fully saturated rings. The molecule has 1 aromatic carbocycles. The summed E-state index contributed by atoms with van der Waals surface area (Å²) in [7, 11) is 1.74. The van der Waals surface area contributed by atoms with Crippen LogP contribution >= 0.6 is 0 Å². The number of aromatic nitrogens is 2. The number of fused-ring (bicyclic) bond motifs is 1. The first-order valence-electron chi connectivity index (χ1n) is 8.35. The number of hydrogen-bond acceptors (Lipinski definition) is 4. The average molecular weight is 342 g/mol. The number of hydrogen-bond donors (Lipinski definition) is 1. The second kappa shape index (κ2) is 7.48. The van der Waals surface area contributed by atoms with Crippen LogP contribution in [0.1, 0.15) is 39.2 Å². The summed E-state index contributed by atoms with van der Waals surface area (Å²) >= 11 is 0. The van der Waals surface area contributed by atoms with Gasteiger partial charge >= 0.3 is 0 Å². The first-order valence-corrected chi connectivity index (χ1v) is 8.35. The molecule has 0 radical (unpaired) electrons. The van der Waals surface area contributed by atoms with Crippen LogP contribution in [0.15, 0.2) is 30.5 Å². The van der Waals surface area contributed by atoms with Crippen molar-refractivity contribution in [3.8, 4) is 0 Å². The smallest absolute Gasteiger partial charge is 0.253 e. The van der Waals surface area contributed by atoms with Gasteiger partial charge in [-0.25, -0.2) is 4.98 Å². The van der Waals surface area contributed by atoms with Gasteiger partial charge in [0.25, 0.3) is 11.8 Å². The highest BCUT2D eigenvalue weighted by Gasteiger charge is 2.16. The Morgan fingerprint density at radius 1 is 1.36 bits per heavy atom. The summed E-state index contributed by atoms with van der Waals surface area (Å²) in [6.07, 6.45) is 1.76. The minimum atomic E-state index is -0.212. The molecule has 7 nitrogen and oxygen atoms in total. The molecule has 1 N–H and O–H groups in total. The summed E-state index contributed by atoms with van der Waals surface area (Å²) in [4.78, 5) is 30.6. The molecule has 2 heterocycles. The van der Waals surface area contributed by atoms with Gasteiger partial charge < -0.3 is 19.5 Å². The van der Waals surface area contributed by atoms with Gasteiger partial charge in [-0.15, -0.1) is 0 Å². The normalized spacial score (nSPS) is 13.2. The second-order valence-corrected chi connectivity index (χ2v) is 5.95. The minimum Gasteiger partial charge on any atom is -0.372 e. The molecule has 2 amide bonds. The minimum absolute atomic E-state index is 0.0954. The third-order valence-electron chi connectivity index (χ3n) is 4.33. The van der Waals surface area contributed by atoms with Crippen molar-refractivity contribution in [1.29, 1.82) is 0 Å². The van der Waals surface area contributed by atoms with Crippen molar-refractivity contribution in [3.63, 3.8) is 0 Å². The number of nitrogens with zero attached hydrogens (tertiary/aromatic N) is 3. The van der Waals surface area contributed by atoms with E-state index < -0.39 is 0 Å². The predicted molar refractivity (Wildman–Crippen MR) is 92.1 cm³/mol. The third kappa shape index (κ3) is 3.71. The molecular weight excluding hydrogens is 320 g/mol. The number of ether oxygens (including phenoxy) is 1. The Bertz CT molecular complexity index is 784. The lowest BCUT2D eigenvalue weighted by atomic mass is 10.1. The number of amides is 2. The van der Waals surface area contributed by atoms with Crippen molar-refractivity contribution < 1.29 is 14.3 Å². The van der Waals surface area contributed by atoms with Crippen LogP contribution in [-0.2, 0) is 24.4 Å². The maximum absolute atomic E-state index is 12.4. The largest absolute Gasteiger partial charge is 0.372 e. The Morgan fingerprint density at radius 2 is 2.16 bits per heavy atom. The van der Waals surface area contributed by atoms with Gasteiger partial charge in [-0.1, -0.05) is 6.07 Å². The molecule has 0 aliphatic carbocycles. The van der Waals surface area contributed by atoms with Crippen LogP contribution in [0.4, 0.5) is 0 Å². The summed E-state index contributed by atoms with van der Waals surface area (Å²) in [5.74, 6) is 0.573. The van der Waals surface area contributed by atoms with E-state index in [1.165, 1.54) is 0 Å². The van der Waals surface area contributed by atoms with Gasteiger partial charge in [0.2, 0.25) is 0 Å². The lowest BCUT2D eigenvalue weighted by Crippen LogP contribution is -2.28. The molecule has 2 aromatic rings. The summed E-state index contributed by atoms with van der Waals surface area (Å²) in [5.41, 5.74) is 1.93. The van der Waals surface area contributed by atoms with E-state index in [-0.39, 0.29) is 11.8 Å². The number of carbonyl (C=O) groups excluding carboxylic acids is 2. The zero-order valence-electron chi connectivity index (χ0n) is 14.5. The number of benzene rings is 1. The van der Waals surface area contributed by atoms with E-state index in [0.717, 1.165) is 18.1 Å². The zero-order valence-corrected chi connectivity index (χ0v) is 14.5. The standard InChI is InChI=1S/C18H22N4O3/c1-3-21(2)18(24)14-6-4-5-13(9-14)17(23)20-11-15-10-19-16-12-25-8-7-22(15)16/h4-6,9-10H,3,7-8,11-12H2,1-2H3,(H,20,23). The Morgan fingerprint density at radius 3 is 2.96 bits per heavy atom. The average Bonchev–Trinajstić information content (AvgIpc) is 3.08. The quantitative estimate of drug-likeness (QED) is 0.892. The summed E-state index contributed by atoms with van der Waals surface area (Å²) in [6.45, 7) is 4.81. The molecule has 25 heavy (non-hydrogen) atoms. The highest BCUT2D eigenvalue weighted by atomic mass is 16.5. The van der Waals surface area contributed by atoms with Gasteiger partial charge in [0.15, 0.2) is 0 Å². The van der Waals surface area contributed by atoms with E-state index in [2.05, 4.69) is 14.9 Å². The fraction of sp³-hybridized carbons (Fsp3) is 0.389. The summed E-state index contributed by atoms with van der Waals surface area (Å²) in [5, 5.41) is 2.90. The Labute approximate surface area is 146 Å². The van der Waals surface area contributed by atoms with Crippen LogP contribution in [-0.4, -0.2) is 46.5 Å². The molecule has 1 aliphatic rings. The third-order valence-corrected chi connectivity index (χ3v) is 4.33. The fourth-order valence-corrected chi connectivity index (χ4v) is 2.73. The van der Waals surface area contributed by atoms with Crippen molar-refractivity contribution >= 4 is 11.8 Å². The van der Waals surface area contributed by atoms with Crippen molar-refractivity contribution in [3.05, 3.63) is 53.1 Å². The van der Waals surface area contributed by atoms with Gasteiger partial charge in [0, 0.05) is 31.3 Å². The molecule has 7 heteroatoms. The number of nitrogens with one attached hydrogen (secondary N) is 1. The first kappa shape index (κ1) is 17.2. The van der Waals surface area contributed by atoms with Crippen LogP contribution < -0.4 is 5.32 Å². The van der Waals surface area contributed by atoms with Gasteiger partial charge in [-0.05, 0) is 25.1 Å². The molecule has 132 valence electrons. The van der Waals surface area contributed by atoms with E-state index in [9.17, 15) is 9.59 Å². The van der Waals surface area contributed by atoms with E-state index in [1.807, 2.05) is 6.92 Å². The van der Waals surface area contributed by atoms with Crippen LogP contribution in [0.5, 0.6) is 0 Å². The molecule has 0 saturated carbocycles. The highest BCUT2D eigenvalue weighted by molar-refractivity contribution is 5.99. The molecular formula is C18H22N4O3. The molecule has 1 aromatic heterocycles. The lowest BCUT2D eigenvalue weighted by molar-refractivity contribution is 0.0801. The van der Waals surface area contributed by atoms with Gasteiger partial charge in [-0.2, -0.15) is 0 Å². The number of imidazole rings is 1. The Kier molecular flexibility index (Phi) is 5.14. The van der Waals surface area contributed by atoms with E-state index in [0.29, 0.717) is 37.4 Å². The maximum Gasteiger partial charge on any atom is 0.253 e.